The molecule has 0 aliphatic heterocycles. The van der Waals surface area contributed by atoms with E-state index in [0.29, 0.717) is 16.8 Å². The minimum Gasteiger partial charge on any atom is -0.340 e. The Morgan fingerprint density at radius 2 is 2.00 bits per heavy atom. The summed E-state index contributed by atoms with van der Waals surface area (Å²) in [6.45, 7) is 3.82. The van der Waals surface area contributed by atoms with Crippen molar-refractivity contribution >= 4 is 29.1 Å². The first-order valence-electron chi connectivity index (χ1n) is 5.44. The van der Waals surface area contributed by atoms with Crippen LogP contribution in [0, 0.1) is 13.8 Å². The molecule has 0 spiro atoms. The summed E-state index contributed by atoms with van der Waals surface area (Å²) >= 11 is 6.06. The molecule has 4 N–H and O–H groups in total. The fourth-order valence-electron chi connectivity index (χ4n) is 1.58. The van der Waals surface area contributed by atoms with Gasteiger partial charge in [0, 0.05) is 22.5 Å². The number of aromatic nitrogens is 2. The van der Waals surface area contributed by atoms with Crippen LogP contribution in [0.3, 0.4) is 0 Å². The van der Waals surface area contributed by atoms with Crippen LogP contribution in [0.4, 0.5) is 17.5 Å². The van der Waals surface area contributed by atoms with Crippen LogP contribution >= 0.6 is 11.6 Å². The number of nitrogens with zero attached hydrogens (tertiary/aromatic N) is 2. The van der Waals surface area contributed by atoms with Gasteiger partial charge in [0.05, 0.1) is 0 Å². The third kappa shape index (κ3) is 2.69. The number of hydrogen-bond acceptors (Lipinski definition) is 5. The molecule has 1 heterocycles. The van der Waals surface area contributed by atoms with Gasteiger partial charge in [0.15, 0.2) is 0 Å². The summed E-state index contributed by atoms with van der Waals surface area (Å²) in [7, 11) is 0. The maximum Gasteiger partial charge on any atom is 0.239 e. The highest BCUT2D eigenvalue weighted by Gasteiger charge is 2.05. The second-order valence-electron chi connectivity index (χ2n) is 3.90. The number of hydrogen-bond donors (Lipinski definition) is 3. The molecule has 0 atom stereocenters. The van der Waals surface area contributed by atoms with Gasteiger partial charge in [0.1, 0.15) is 5.82 Å². The topological polar surface area (TPSA) is 75.9 Å². The second kappa shape index (κ2) is 5.20. The lowest BCUT2D eigenvalue weighted by Gasteiger charge is -2.11. The predicted octanol–water partition coefficient (Wildman–Crippen LogP) is 2.78. The zero-order valence-corrected chi connectivity index (χ0v) is 10.9. The third-order valence-electron chi connectivity index (χ3n) is 2.51. The highest BCUT2D eigenvalue weighted by Crippen LogP contribution is 2.25. The van der Waals surface area contributed by atoms with Crippen LogP contribution in [0.25, 0.3) is 0 Å². The molecule has 6 heteroatoms. The van der Waals surface area contributed by atoms with E-state index < -0.39 is 0 Å². The van der Waals surface area contributed by atoms with Gasteiger partial charge in [-0.3, -0.25) is 5.43 Å². The van der Waals surface area contributed by atoms with Gasteiger partial charge in [-0.2, -0.15) is 4.98 Å². The zero-order valence-electron chi connectivity index (χ0n) is 10.2. The predicted molar refractivity (Wildman–Crippen MR) is 74.1 cm³/mol. The van der Waals surface area contributed by atoms with Crippen LogP contribution in [0.2, 0.25) is 5.02 Å². The standard InChI is InChI=1S/C12H14ClN5/c1-7-6-11(17-12(15-7)18-14)16-10-5-3-4-9(13)8(10)2/h3-6H,14H2,1-2H3,(H2,15,16,17,18). The number of rotatable bonds is 3. The highest BCUT2D eigenvalue weighted by atomic mass is 35.5. The van der Waals surface area contributed by atoms with Crippen LogP contribution < -0.4 is 16.6 Å². The molecule has 5 nitrogen and oxygen atoms in total. The Morgan fingerprint density at radius 1 is 1.22 bits per heavy atom. The Morgan fingerprint density at radius 3 is 2.72 bits per heavy atom. The molecule has 18 heavy (non-hydrogen) atoms. The summed E-state index contributed by atoms with van der Waals surface area (Å²) in [4.78, 5) is 8.34. The van der Waals surface area contributed by atoms with Gasteiger partial charge in [-0.25, -0.2) is 10.8 Å². The molecule has 2 aromatic rings. The van der Waals surface area contributed by atoms with Crippen molar-refractivity contribution in [1.29, 1.82) is 0 Å². The first kappa shape index (κ1) is 12.6. The maximum atomic E-state index is 6.06. The lowest BCUT2D eigenvalue weighted by molar-refractivity contribution is 1.07. The first-order chi connectivity index (χ1) is 8.60. The van der Waals surface area contributed by atoms with E-state index in [2.05, 4.69) is 20.7 Å². The van der Waals surface area contributed by atoms with Crippen molar-refractivity contribution in [3.05, 3.63) is 40.5 Å². The lowest BCUT2D eigenvalue weighted by Crippen LogP contribution is -2.12. The molecule has 0 fully saturated rings. The van der Waals surface area contributed by atoms with Gasteiger partial charge in [-0.1, -0.05) is 17.7 Å². The molecule has 1 aromatic heterocycles. The molecule has 0 amide bonds. The average molecular weight is 264 g/mol. The maximum absolute atomic E-state index is 6.06. The number of anilines is 3. The lowest BCUT2D eigenvalue weighted by atomic mass is 10.2. The molecule has 0 bridgehead atoms. The number of nitrogens with two attached hydrogens (primary N) is 1. The Hall–Kier alpha value is -1.85. The van der Waals surface area contributed by atoms with Crippen molar-refractivity contribution < 1.29 is 0 Å². The molecular weight excluding hydrogens is 250 g/mol. The number of halogens is 1. The second-order valence-corrected chi connectivity index (χ2v) is 4.31. The van der Waals surface area contributed by atoms with E-state index in [4.69, 9.17) is 17.4 Å². The molecule has 0 unspecified atom stereocenters. The first-order valence-corrected chi connectivity index (χ1v) is 5.82. The molecule has 2 rings (SSSR count). The molecule has 0 aliphatic rings. The average Bonchev–Trinajstić information content (AvgIpc) is 2.34. The molecule has 0 aliphatic carbocycles. The molecule has 0 saturated carbocycles. The quantitative estimate of drug-likeness (QED) is 0.586. The van der Waals surface area contributed by atoms with Gasteiger partial charge < -0.3 is 5.32 Å². The Kier molecular flexibility index (Phi) is 3.64. The van der Waals surface area contributed by atoms with E-state index in [1.54, 1.807) is 0 Å². The molecule has 1 aromatic carbocycles. The van der Waals surface area contributed by atoms with Gasteiger partial charge in [0.25, 0.3) is 0 Å². The summed E-state index contributed by atoms with van der Waals surface area (Å²) in [6, 6.07) is 7.50. The number of hydrazine groups is 1. The molecule has 0 radical (unpaired) electrons. The Labute approximate surface area is 110 Å². The van der Waals surface area contributed by atoms with Crippen LogP contribution in [-0.4, -0.2) is 9.97 Å². The number of aryl methyl sites for hydroxylation is 1. The van der Waals surface area contributed by atoms with Crippen molar-refractivity contribution in [3.63, 3.8) is 0 Å². The van der Waals surface area contributed by atoms with Gasteiger partial charge in [0.2, 0.25) is 5.95 Å². The smallest absolute Gasteiger partial charge is 0.239 e. The number of nitrogens with one attached hydrogen (secondary N) is 2. The van der Waals surface area contributed by atoms with E-state index in [1.165, 1.54) is 0 Å². The van der Waals surface area contributed by atoms with Crippen LogP contribution in [-0.2, 0) is 0 Å². The molecule has 94 valence electrons. The summed E-state index contributed by atoms with van der Waals surface area (Å²) in [6.07, 6.45) is 0. The fourth-order valence-corrected chi connectivity index (χ4v) is 1.75. The van der Waals surface area contributed by atoms with Crippen molar-refractivity contribution in [1.82, 2.24) is 9.97 Å². The fraction of sp³-hybridized carbons (Fsp3) is 0.167. The van der Waals surface area contributed by atoms with Gasteiger partial charge in [-0.15, -0.1) is 0 Å². The summed E-state index contributed by atoms with van der Waals surface area (Å²) in [5.41, 5.74) is 5.13. The Bertz CT molecular complexity index is 570. The minimum atomic E-state index is 0.372. The normalized spacial score (nSPS) is 10.2. The largest absolute Gasteiger partial charge is 0.340 e. The van der Waals surface area contributed by atoms with E-state index in [0.717, 1.165) is 16.9 Å². The zero-order chi connectivity index (χ0) is 13.1. The van der Waals surface area contributed by atoms with Gasteiger partial charge >= 0.3 is 0 Å². The highest BCUT2D eigenvalue weighted by molar-refractivity contribution is 6.31. The van der Waals surface area contributed by atoms with E-state index in [9.17, 15) is 0 Å². The minimum absolute atomic E-state index is 0.372. The Balaban J connectivity index is 2.34. The van der Waals surface area contributed by atoms with Crippen molar-refractivity contribution in [2.24, 2.45) is 5.84 Å². The van der Waals surface area contributed by atoms with Crippen molar-refractivity contribution in [2.45, 2.75) is 13.8 Å². The van der Waals surface area contributed by atoms with Crippen LogP contribution in [0.15, 0.2) is 24.3 Å². The number of benzene rings is 1. The number of nitrogen functional groups attached to an aromatic ring is 1. The van der Waals surface area contributed by atoms with Crippen molar-refractivity contribution in [3.8, 4) is 0 Å². The molecule has 0 saturated heterocycles. The van der Waals surface area contributed by atoms with E-state index in [-0.39, 0.29) is 0 Å². The summed E-state index contributed by atoms with van der Waals surface area (Å²) in [5.74, 6) is 6.35. The monoisotopic (exact) mass is 263 g/mol. The summed E-state index contributed by atoms with van der Waals surface area (Å²) < 4.78 is 0. The van der Waals surface area contributed by atoms with E-state index >= 15 is 0 Å². The van der Waals surface area contributed by atoms with Gasteiger partial charge in [-0.05, 0) is 31.5 Å². The molecular formula is C12H14ClN5. The van der Waals surface area contributed by atoms with E-state index in [1.807, 2.05) is 38.1 Å². The van der Waals surface area contributed by atoms with Crippen LogP contribution in [0.5, 0.6) is 0 Å². The van der Waals surface area contributed by atoms with Crippen molar-refractivity contribution in [2.75, 3.05) is 10.7 Å². The summed E-state index contributed by atoms with van der Waals surface area (Å²) in [5, 5.41) is 3.91. The van der Waals surface area contributed by atoms with Crippen LogP contribution in [0.1, 0.15) is 11.3 Å². The third-order valence-corrected chi connectivity index (χ3v) is 2.92. The SMILES string of the molecule is Cc1cc(Nc2cccc(Cl)c2C)nc(NN)n1.